The highest BCUT2D eigenvalue weighted by Gasteiger charge is 2.12. The van der Waals surface area contributed by atoms with Crippen LogP contribution in [0.1, 0.15) is 17.0 Å². The van der Waals surface area contributed by atoms with Crippen LogP contribution in [0.2, 0.25) is 5.02 Å². The maximum atomic E-state index is 12.1. The van der Waals surface area contributed by atoms with E-state index in [-0.39, 0.29) is 12.5 Å². The zero-order valence-corrected chi connectivity index (χ0v) is 18.1. The van der Waals surface area contributed by atoms with Crippen LogP contribution in [0.3, 0.4) is 0 Å². The van der Waals surface area contributed by atoms with Gasteiger partial charge >= 0.3 is 0 Å². The third-order valence-corrected chi connectivity index (χ3v) is 5.42. The number of hydrogen-bond acceptors (Lipinski definition) is 3. The predicted octanol–water partition coefficient (Wildman–Crippen LogP) is 5.46. The summed E-state index contributed by atoms with van der Waals surface area (Å²) in [5.41, 5.74) is 7.64. The van der Waals surface area contributed by atoms with Crippen molar-refractivity contribution < 1.29 is 4.79 Å². The Labute approximate surface area is 186 Å². The standard InChI is InChI=1S/C25H23ClN4O/c1-17-14-20(15-28-29-25(31)16-27-22-12-10-21(26)11-13-22)18(2)30(17)24-9-5-7-19-6-3-4-8-23(19)24/h3-15,27H,16H2,1-2H3,(H,29,31)/b28-15-. The average Bonchev–Trinajstić information content (AvgIpc) is 3.06. The molecule has 156 valence electrons. The second kappa shape index (κ2) is 9.06. The Morgan fingerprint density at radius 1 is 1.03 bits per heavy atom. The number of rotatable bonds is 6. The molecule has 4 rings (SSSR count). The van der Waals surface area contributed by atoms with Gasteiger partial charge in [0.25, 0.3) is 5.91 Å². The number of carbonyl (C=O) groups excluding carboxylic acids is 1. The Hall–Kier alpha value is -3.57. The number of halogens is 1. The van der Waals surface area contributed by atoms with Crippen molar-refractivity contribution in [2.75, 3.05) is 11.9 Å². The first-order valence-electron chi connectivity index (χ1n) is 10.0. The highest BCUT2D eigenvalue weighted by Crippen LogP contribution is 2.26. The van der Waals surface area contributed by atoms with Gasteiger partial charge in [-0.15, -0.1) is 0 Å². The van der Waals surface area contributed by atoms with Gasteiger partial charge in [0.15, 0.2) is 0 Å². The van der Waals surface area contributed by atoms with Crippen LogP contribution in [-0.2, 0) is 4.79 Å². The van der Waals surface area contributed by atoms with Crippen LogP contribution in [0.15, 0.2) is 77.9 Å². The summed E-state index contributed by atoms with van der Waals surface area (Å²) >= 11 is 5.87. The van der Waals surface area contributed by atoms with Gasteiger partial charge in [-0.3, -0.25) is 4.79 Å². The molecule has 1 aromatic heterocycles. The second-order valence-corrected chi connectivity index (χ2v) is 7.75. The number of hydrazone groups is 1. The quantitative estimate of drug-likeness (QED) is 0.315. The third-order valence-electron chi connectivity index (χ3n) is 5.17. The number of amides is 1. The lowest BCUT2D eigenvalue weighted by molar-refractivity contribution is -0.119. The number of hydrogen-bond donors (Lipinski definition) is 2. The average molecular weight is 431 g/mol. The number of nitrogens with one attached hydrogen (secondary N) is 2. The minimum absolute atomic E-state index is 0.119. The highest BCUT2D eigenvalue weighted by molar-refractivity contribution is 6.30. The van der Waals surface area contributed by atoms with Gasteiger partial charge in [0.1, 0.15) is 0 Å². The van der Waals surface area contributed by atoms with E-state index in [0.717, 1.165) is 28.3 Å². The van der Waals surface area contributed by atoms with E-state index in [4.69, 9.17) is 11.6 Å². The van der Waals surface area contributed by atoms with Crippen molar-refractivity contribution in [3.8, 4) is 5.69 Å². The zero-order valence-electron chi connectivity index (χ0n) is 17.4. The van der Waals surface area contributed by atoms with Crippen molar-refractivity contribution in [2.45, 2.75) is 13.8 Å². The number of carbonyl (C=O) groups is 1. The number of aromatic nitrogens is 1. The SMILES string of the molecule is Cc1cc(/C=N\NC(=O)CNc2ccc(Cl)cc2)c(C)n1-c1cccc2ccccc12. The van der Waals surface area contributed by atoms with Gasteiger partial charge in [0.05, 0.1) is 18.4 Å². The molecule has 0 fully saturated rings. The highest BCUT2D eigenvalue weighted by atomic mass is 35.5. The summed E-state index contributed by atoms with van der Waals surface area (Å²) in [5, 5.41) is 10.2. The molecule has 0 saturated heterocycles. The molecule has 2 N–H and O–H groups in total. The smallest absolute Gasteiger partial charge is 0.259 e. The van der Waals surface area contributed by atoms with Crippen LogP contribution in [-0.4, -0.2) is 23.2 Å². The van der Waals surface area contributed by atoms with Crippen LogP contribution in [0, 0.1) is 13.8 Å². The Morgan fingerprint density at radius 2 is 1.77 bits per heavy atom. The van der Waals surface area contributed by atoms with Gasteiger partial charge < -0.3 is 9.88 Å². The Bertz CT molecular complexity index is 1250. The Morgan fingerprint density at radius 3 is 2.58 bits per heavy atom. The summed E-state index contributed by atoms with van der Waals surface area (Å²) in [5.74, 6) is -0.228. The lowest BCUT2D eigenvalue weighted by Crippen LogP contribution is -2.25. The molecule has 0 spiro atoms. The van der Waals surface area contributed by atoms with Crippen molar-refractivity contribution in [1.29, 1.82) is 0 Å². The molecular weight excluding hydrogens is 408 g/mol. The van der Waals surface area contributed by atoms with Gasteiger partial charge in [-0.2, -0.15) is 5.10 Å². The first-order valence-corrected chi connectivity index (χ1v) is 10.4. The monoisotopic (exact) mass is 430 g/mol. The molecule has 6 heteroatoms. The molecule has 0 atom stereocenters. The molecule has 1 heterocycles. The lowest BCUT2D eigenvalue weighted by Gasteiger charge is -2.13. The van der Waals surface area contributed by atoms with Crippen LogP contribution in [0.25, 0.3) is 16.5 Å². The van der Waals surface area contributed by atoms with E-state index in [0.29, 0.717) is 5.02 Å². The lowest BCUT2D eigenvalue weighted by atomic mass is 10.1. The predicted molar refractivity (Wildman–Crippen MR) is 128 cm³/mol. The van der Waals surface area contributed by atoms with Crippen molar-refractivity contribution in [3.05, 3.63) is 94.8 Å². The van der Waals surface area contributed by atoms with E-state index in [2.05, 4.69) is 76.7 Å². The van der Waals surface area contributed by atoms with Crippen molar-refractivity contribution in [1.82, 2.24) is 9.99 Å². The topological polar surface area (TPSA) is 58.4 Å². The Kier molecular flexibility index (Phi) is 6.05. The van der Waals surface area contributed by atoms with Crippen molar-refractivity contribution in [3.63, 3.8) is 0 Å². The van der Waals surface area contributed by atoms with Gasteiger partial charge in [0.2, 0.25) is 0 Å². The fourth-order valence-electron chi connectivity index (χ4n) is 3.66. The molecule has 0 saturated carbocycles. The minimum Gasteiger partial charge on any atom is -0.376 e. The summed E-state index contributed by atoms with van der Waals surface area (Å²) < 4.78 is 2.22. The van der Waals surface area contributed by atoms with E-state index in [1.54, 1.807) is 18.3 Å². The molecule has 1 amide bonds. The number of anilines is 1. The molecule has 4 aromatic rings. The first kappa shape index (κ1) is 20.7. The maximum absolute atomic E-state index is 12.1. The van der Waals surface area contributed by atoms with Crippen LogP contribution < -0.4 is 10.7 Å². The van der Waals surface area contributed by atoms with Crippen molar-refractivity contribution in [2.24, 2.45) is 5.10 Å². The largest absolute Gasteiger partial charge is 0.376 e. The van der Waals surface area contributed by atoms with Gasteiger partial charge in [-0.1, -0.05) is 48.0 Å². The molecule has 5 nitrogen and oxygen atoms in total. The van der Waals surface area contributed by atoms with E-state index in [9.17, 15) is 4.79 Å². The van der Waals surface area contributed by atoms with Gasteiger partial charge in [-0.25, -0.2) is 5.43 Å². The fraction of sp³-hybridized carbons (Fsp3) is 0.120. The number of fused-ring (bicyclic) bond motifs is 1. The third kappa shape index (κ3) is 4.62. The molecule has 0 aliphatic rings. The summed E-state index contributed by atoms with van der Waals surface area (Å²) in [6, 6.07) is 23.9. The molecular formula is C25H23ClN4O. The maximum Gasteiger partial charge on any atom is 0.259 e. The normalized spacial score (nSPS) is 11.2. The van der Waals surface area contributed by atoms with Crippen LogP contribution in [0.5, 0.6) is 0 Å². The van der Waals surface area contributed by atoms with E-state index >= 15 is 0 Å². The number of nitrogens with zero attached hydrogens (tertiary/aromatic N) is 2. The molecule has 0 radical (unpaired) electrons. The summed E-state index contributed by atoms with van der Waals surface area (Å²) in [4.78, 5) is 12.1. The molecule has 0 bridgehead atoms. The minimum atomic E-state index is -0.228. The summed E-state index contributed by atoms with van der Waals surface area (Å²) in [6.45, 7) is 4.24. The molecule has 0 aliphatic heterocycles. The van der Waals surface area contributed by atoms with E-state index < -0.39 is 0 Å². The number of benzene rings is 3. The van der Waals surface area contributed by atoms with Crippen LogP contribution in [0.4, 0.5) is 5.69 Å². The second-order valence-electron chi connectivity index (χ2n) is 7.31. The van der Waals surface area contributed by atoms with Gasteiger partial charge in [0, 0.05) is 33.0 Å². The Balaban J connectivity index is 1.46. The fourth-order valence-corrected chi connectivity index (χ4v) is 3.78. The van der Waals surface area contributed by atoms with E-state index in [1.807, 2.05) is 18.2 Å². The first-order chi connectivity index (χ1) is 15.0. The van der Waals surface area contributed by atoms with Crippen molar-refractivity contribution >= 4 is 40.2 Å². The zero-order chi connectivity index (χ0) is 21.8. The van der Waals surface area contributed by atoms with Gasteiger partial charge in [-0.05, 0) is 55.6 Å². The molecule has 0 unspecified atom stereocenters. The summed E-state index contributed by atoms with van der Waals surface area (Å²) in [6.07, 6.45) is 1.68. The van der Waals surface area contributed by atoms with Crippen LogP contribution >= 0.6 is 11.6 Å². The molecule has 0 aliphatic carbocycles. The number of aryl methyl sites for hydroxylation is 1. The molecule has 31 heavy (non-hydrogen) atoms. The summed E-state index contributed by atoms with van der Waals surface area (Å²) in [7, 11) is 0. The molecule has 3 aromatic carbocycles. The van der Waals surface area contributed by atoms with E-state index in [1.165, 1.54) is 10.8 Å².